The number of aryl methyl sites for hydroxylation is 1. The molecule has 1 saturated heterocycles. The van der Waals surface area contributed by atoms with E-state index in [9.17, 15) is 19.5 Å². The lowest BCUT2D eigenvalue weighted by molar-refractivity contribution is -0.150. The Kier molecular flexibility index (Phi) is 8.38. The van der Waals surface area contributed by atoms with Gasteiger partial charge in [0.05, 0.1) is 19.3 Å². The van der Waals surface area contributed by atoms with Crippen LogP contribution in [0, 0.1) is 12.3 Å². The molecule has 226 valence electrons. The zero-order valence-corrected chi connectivity index (χ0v) is 25.2. The summed E-state index contributed by atoms with van der Waals surface area (Å²) in [5, 5.41) is 16.7. The molecule has 3 aromatic rings. The molecule has 0 spiro atoms. The van der Waals surface area contributed by atoms with E-state index in [2.05, 4.69) is 10.5 Å². The summed E-state index contributed by atoms with van der Waals surface area (Å²) in [6.45, 7) is 12.3. The van der Waals surface area contributed by atoms with Gasteiger partial charge < -0.3 is 34.1 Å². The maximum atomic E-state index is 13.8. The minimum atomic E-state index is -1.17. The van der Waals surface area contributed by atoms with Gasteiger partial charge in [0.25, 0.3) is 0 Å². The van der Waals surface area contributed by atoms with Gasteiger partial charge in [0.15, 0.2) is 5.75 Å². The quantitative estimate of drug-likeness (QED) is 0.405. The number of carbonyl (C=O) groups excluding carboxylic acids is 2. The summed E-state index contributed by atoms with van der Waals surface area (Å²) in [6.07, 6.45) is -1.42. The largest absolute Gasteiger partial charge is 0.497 e. The third-order valence-corrected chi connectivity index (χ3v) is 6.84. The van der Waals surface area contributed by atoms with Crippen molar-refractivity contribution in [3.8, 4) is 22.8 Å². The number of carboxylic acid groups (broad SMARTS) is 1. The molecule has 1 aromatic carbocycles. The number of nitrogens with zero attached hydrogens (tertiary/aromatic N) is 3. The molecule has 0 radical (unpaired) electrons. The Morgan fingerprint density at radius 1 is 1.12 bits per heavy atom. The molecule has 4 rings (SSSR count). The Bertz CT molecular complexity index is 1470. The molecule has 2 amide bonds. The average molecular weight is 583 g/mol. The highest BCUT2D eigenvalue weighted by atomic mass is 16.6. The molecule has 3 atom stereocenters. The van der Waals surface area contributed by atoms with Crippen molar-refractivity contribution in [1.29, 1.82) is 0 Å². The van der Waals surface area contributed by atoms with Gasteiger partial charge in [-0.15, -0.1) is 0 Å². The van der Waals surface area contributed by atoms with Crippen molar-refractivity contribution in [2.45, 2.75) is 78.7 Å². The smallest absolute Gasteiger partial charge is 0.408 e. The van der Waals surface area contributed by atoms with Crippen LogP contribution in [-0.4, -0.2) is 75.6 Å². The fourth-order valence-corrected chi connectivity index (χ4v) is 4.78. The molecule has 3 heterocycles. The molecule has 1 aliphatic rings. The first kappa shape index (κ1) is 30.6. The lowest BCUT2D eigenvalue weighted by Gasteiger charge is -2.35. The van der Waals surface area contributed by atoms with Crippen molar-refractivity contribution < 1.29 is 38.2 Å². The molecule has 1 fully saturated rings. The third kappa shape index (κ3) is 6.75. The van der Waals surface area contributed by atoms with E-state index in [0.717, 1.165) is 5.56 Å². The number of alkyl carbamates (subject to hydrolysis) is 1. The van der Waals surface area contributed by atoms with Gasteiger partial charge in [-0.05, 0) is 57.4 Å². The zero-order chi connectivity index (χ0) is 31.0. The maximum Gasteiger partial charge on any atom is 0.408 e. The Morgan fingerprint density at radius 2 is 1.79 bits per heavy atom. The number of pyridine rings is 1. The number of amides is 2. The maximum absolute atomic E-state index is 13.8. The summed E-state index contributed by atoms with van der Waals surface area (Å²) in [6, 6.07) is 6.85. The Balaban J connectivity index is 1.62. The monoisotopic (exact) mass is 582 g/mol. The number of methoxy groups -OCH3 is 1. The number of fused-ring (bicyclic) bond motifs is 1. The molecular formula is C30H38N4O8. The molecular weight excluding hydrogens is 544 g/mol. The second kappa shape index (κ2) is 11.5. The number of rotatable bonds is 7. The van der Waals surface area contributed by atoms with E-state index in [4.69, 9.17) is 23.7 Å². The van der Waals surface area contributed by atoms with Gasteiger partial charge >= 0.3 is 12.1 Å². The number of benzene rings is 1. The van der Waals surface area contributed by atoms with E-state index in [-0.39, 0.29) is 13.0 Å². The van der Waals surface area contributed by atoms with Crippen LogP contribution in [0.1, 0.15) is 53.7 Å². The molecule has 0 bridgehead atoms. The van der Waals surface area contributed by atoms with E-state index in [1.54, 1.807) is 61.6 Å². The highest BCUT2D eigenvalue weighted by molar-refractivity contribution is 5.90. The van der Waals surface area contributed by atoms with Gasteiger partial charge in [0.1, 0.15) is 40.7 Å². The Morgan fingerprint density at radius 3 is 2.36 bits per heavy atom. The predicted molar refractivity (Wildman–Crippen MR) is 153 cm³/mol. The van der Waals surface area contributed by atoms with Crippen LogP contribution in [0.4, 0.5) is 4.79 Å². The summed E-state index contributed by atoms with van der Waals surface area (Å²) in [7, 11) is 1.59. The molecule has 1 aliphatic heterocycles. The van der Waals surface area contributed by atoms with E-state index < -0.39 is 47.2 Å². The fourth-order valence-electron chi connectivity index (χ4n) is 4.78. The number of hydrogen-bond donors (Lipinski definition) is 2. The number of nitrogens with one attached hydrogen (secondary N) is 1. The first-order valence-corrected chi connectivity index (χ1v) is 13.7. The van der Waals surface area contributed by atoms with Crippen molar-refractivity contribution in [3.63, 3.8) is 0 Å². The highest BCUT2D eigenvalue weighted by Gasteiger charge is 2.46. The van der Waals surface area contributed by atoms with Crippen molar-refractivity contribution in [2.75, 3.05) is 13.7 Å². The SMILES string of the molecule is COc1ccc(-c2cc(O[C@@H]3C[C@@H](C(=O)O)N(C(=O)[C@@H](NC(=O)OC(C)(C)C)C(C)(C)C)C3)c3onc(C)c3n2)cc1. The zero-order valence-electron chi connectivity index (χ0n) is 25.2. The van der Waals surface area contributed by atoms with Crippen molar-refractivity contribution in [3.05, 3.63) is 36.0 Å². The minimum absolute atomic E-state index is 0.0207. The van der Waals surface area contributed by atoms with Crippen LogP contribution in [0.5, 0.6) is 11.5 Å². The first-order chi connectivity index (χ1) is 19.6. The molecule has 0 saturated carbocycles. The summed E-state index contributed by atoms with van der Waals surface area (Å²) < 4.78 is 22.4. The number of carbonyl (C=O) groups is 3. The molecule has 0 unspecified atom stereocenters. The summed E-state index contributed by atoms with van der Waals surface area (Å²) in [5.74, 6) is -0.688. The van der Waals surface area contributed by atoms with Crippen LogP contribution in [0.2, 0.25) is 0 Å². The lowest BCUT2D eigenvalue weighted by Crippen LogP contribution is -2.57. The minimum Gasteiger partial charge on any atom is -0.497 e. The average Bonchev–Trinajstić information content (AvgIpc) is 3.49. The second-order valence-electron chi connectivity index (χ2n) is 12.4. The topological polar surface area (TPSA) is 153 Å². The lowest BCUT2D eigenvalue weighted by atomic mass is 9.85. The van der Waals surface area contributed by atoms with E-state index in [0.29, 0.717) is 34.0 Å². The van der Waals surface area contributed by atoms with Gasteiger partial charge in [0.2, 0.25) is 11.5 Å². The summed E-state index contributed by atoms with van der Waals surface area (Å²) in [5.41, 5.74) is 1.29. The number of ether oxygens (including phenoxy) is 3. The van der Waals surface area contributed by atoms with E-state index in [1.165, 1.54) is 4.90 Å². The summed E-state index contributed by atoms with van der Waals surface area (Å²) >= 11 is 0. The van der Waals surface area contributed by atoms with Crippen molar-refractivity contribution in [1.82, 2.24) is 20.4 Å². The molecule has 2 aromatic heterocycles. The number of carboxylic acids is 1. The van der Waals surface area contributed by atoms with Crippen molar-refractivity contribution in [2.24, 2.45) is 5.41 Å². The predicted octanol–water partition coefficient (Wildman–Crippen LogP) is 4.58. The number of aromatic nitrogens is 2. The molecule has 12 nitrogen and oxygen atoms in total. The highest BCUT2D eigenvalue weighted by Crippen LogP contribution is 2.35. The third-order valence-electron chi connectivity index (χ3n) is 6.84. The van der Waals surface area contributed by atoms with Crippen LogP contribution in [-0.2, 0) is 14.3 Å². The van der Waals surface area contributed by atoms with Crippen LogP contribution in [0.3, 0.4) is 0 Å². The van der Waals surface area contributed by atoms with Gasteiger partial charge in [-0.2, -0.15) is 0 Å². The second-order valence-corrected chi connectivity index (χ2v) is 12.4. The van der Waals surface area contributed by atoms with E-state index >= 15 is 0 Å². The van der Waals surface area contributed by atoms with Gasteiger partial charge in [-0.25, -0.2) is 14.6 Å². The standard InChI is InChI=1S/C30H38N4O8/c1-16-23-24(42-33-16)22(14-20(31-23)17-9-11-18(39-8)12-10-17)40-19-13-21(27(36)37)34(15-19)26(35)25(29(2,3)4)32-28(38)41-30(5,6)7/h9-12,14,19,21,25H,13,15H2,1-8H3,(H,32,38)(H,36,37)/t19-,21+,25-/m1/s1. The molecule has 2 N–H and O–H groups in total. The Labute approximate surface area is 244 Å². The van der Waals surface area contributed by atoms with Crippen molar-refractivity contribution >= 4 is 29.1 Å². The van der Waals surface area contributed by atoms with Crippen LogP contribution < -0.4 is 14.8 Å². The van der Waals surface area contributed by atoms with Gasteiger partial charge in [-0.3, -0.25) is 4.79 Å². The molecule has 0 aliphatic carbocycles. The normalized spacial score (nSPS) is 18.0. The van der Waals surface area contributed by atoms with Crippen LogP contribution >= 0.6 is 0 Å². The van der Waals surface area contributed by atoms with Gasteiger partial charge in [0, 0.05) is 18.1 Å². The van der Waals surface area contributed by atoms with Crippen LogP contribution in [0.25, 0.3) is 22.4 Å². The van der Waals surface area contributed by atoms with Crippen LogP contribution in [0.15, 0.2) is 34.9 Å². The number of hydrogen-bond acceptors (Lipinski definition) is 9. The fraction of sp³-hybridized carbons (Fsp3) is 0.500. The molecule has 42 heavy (non-hydrogen) atoms. The summed E-state index contributed by atoms with van der Waals surface area (Å²) in [4.78, 5) is 44.6. The number of aliphatic carboxylic acids is 1. The first-order valence-electron chi connectivity index (χ1n) is 13.7. The Hall–Kier alpha value is -4.35. The number of likely N-dealkylation sites (tertiary alicyclic amines) is 1. The van der Waals surface area contributed by atoms with Gasteiger partial charge in [-0.1, -0.05) is 25.9 Å². The molecule has 12 heteroatoms. The van der Waals surface area contributed by atoms with E-state index in [1.807, 2.05) is 24.3 Å².